The smallest absolute Gasteiger partial charge is 0.286 e. The van der Waals surface area contributed by atoms with Crippen molar-refractivity contribution in [2.24, 2.45) is 0 Å². The quantitative estimate of drug-likeness (QED) is 0.899. The summed E-state index contributed by atoms with van der Waals surface area (Å²) >= 11 is 0. The highest BCUT2D eigenvalue weighted by molar-refractivity contribution is 5.91. The van der Waals surface area contributed by atoms with E-state index in [-0.39, 0.29) is 11.8 Å². The minimum absolute atomic E-state index is 0.190. The predicted molar refractivity (Wildman–Crippen MR) is 65.7 cm³/mol. The Balaban J connectivity index is 1.64. The molecule has 3 rings (SSSR count). The highest BCUT2D eigenvalue weighted by atomic mass is 16.5. The van der Waals surface area contributed by atoms with Crippen LogP contribution in [0.5, 0.6) is 5.75 Å². The van der Waals surface area contributed by atoms with Crippen LogP contribution in [0.15, 0.2) is 47.1 Å². The summed E-state index contributed by atoms with van der Waals surface area (Å²) in [6, 6.07) is 11.3. The third kappa shape index (κ3) is 1.97. The van der Waals surface area contributed by atoms with Crippen molar-refractivity contribution in [2.75, 3.05) is 13.2 Å². The van der Waals surface area contributed by atoms with Gasteiger partial charge in [-0.2, -0.15) is 0 Å². The number of furan rings is 1. The number of amides is 1. The first kappa shape index (κ1) is 10.9. The maximum absolute atomic E-state index is 11.7. The number of hydrogen-bond acceptors (Lipinski definition) is 3. The lowest BCUT2D eigenvalue weighted by Crippen LogP contribution is -2.28. The summed E-state index contributed by atoms with van der Waals surface area (Å²) in [7, 11) is 0. The number of hydrogen-bond donors (Lipinski definition) is 1. The summed E-state index contributed by atoms with van der Waals surface area (Å²) in [5.41, 5.74) is 1.15. The van der Waals surface area contributed by atoms with E-state index in [2.05, 4.69) is 5.32 Å². The third-order valence-electron chi connectivity index (χ3n) is 3.05. The first-order valence-corrected chi connectivity index (χ1v) is 5.88. The van der Waals surface area contributed by atoms with E-state index in [4.69, 9.17) is 9.15 Å². The molecule has 1 unspecified atom stereocenters. The Morgan fingerprint density at radius 2 is 2.17 bits per heavy atom. The SMILES string of the molecule is O=C(NCC1COc2ccccc21)c1ccco1. The van der Waals surface area contributed by atoms with Crippen LogP contribution < -0.4 is 10.1 Å². The van der Waals surface area contributed by atoms with Gasteiger partial charge in [-0.1, -0.05) is 18.2 Å². The summed E-state index contributed by atoms with van der Waals surface area (Å²) in [6.07, 6.45) is 1.49. The molecule has 4 heteroatoms. The van der Waals surface area contributed by atoms with E-state index in [0.29, 0.717) is 18.9 Å². The Bertz CT molecular complexity index is 548. The van der Waals surface area contributed by atoms with Crippen molar-refractivity contribution in [1.82, 2.24) is 5.32 Å². The van der Waals surface area contributed by atoms with Crippen LogP contribution in [0.1, 0.15) is 22.0 Å². The van der Waals surface area contributed by atoms with Gasteiger partial charge in [-0.25, -0.2) is 0 Å². The lowest BCUT2D eigenvalue weighted by Gasteiger charge is -2.09. The Hall–Kier alpha value is -2.23. The molecule has 1 aliphatic heterocycles. The van der Waals surface area contributed by atoms with E-state index < -0.39 is 0 Å². The number of nitrogens with one attached hydrogen (secondary N) is 1. The minimum atomic E-state index is -0.190. The van der Waals surface area contributed by atoms with E-state index in [1.807, 2.05) is 24.3 Å². The van der Waals surface area contributed by atoms with Gasteiger partial charge in [0.1, 0.15) is 5.75 Å². The van der Waals surface area contributed by atoms with Crippen LogP contribution >= 0.6 is 0 Å². The number of para-hydroxylation sites is 1. The lowest BCUT2D eigenvalue weighted by molar-refractivity contribution is 0.0922. The Labute approximate surface area is 105 Å². The van der Waals surface area contributed by atoms with Gasteiger partial charge in [-0.15, -0.1) is 0 Å². The maximum atomic E-state index is 11.7. The standard InChI is InChI=1S/C14H13NO3/c16-14(13-6-3-7-17-13)15-8-10-9-18-12-5-2-1-4-11(10)12/h1-7,10H,8-9H2,(H,15,16). The van der Waals surface area contributed by atoms with Crippen LogP contribution in [0.4, 0.5) is 0 Å². The molecule has 0 bridgehead atoms. The van der Waals surface area contributed by atoms with E-state index in [0.717, 1.165) is 11.3 Å². The third-order valence-corrected chi connectivity index (χ3v) is 3.05. The first-order chi connectivity index (χ1) is 8.84. The lowest BCUT2D eigenvalue weighted by atomic mass is 10.0. The number of rotatable bonds is 3. The second kappa shape index (κ2) is 4.56. The molecular formula is C14H13NO3. The average molecular weight is 243 g/mol. The summed E-state index contributed by atoms with van der Waals surface area (Å²) in [6.45, 7) is 1.16. The van der Waals surface area contributed by atoms with Gasteiger partial charge < -0.3 is 14.5 Å². The van der Waals surface area contributed by atoms with Crippen LogP contribution in [0.2, 0.25) is 0 Å². The zero-order chi connectivity index (χ0) is 12.4. The fourth-order valence-electron chi connectivity index (χ4n) is 2.11. The monoisotopic (exact) mass is 243 g/mol. The molecule has 0 aliphatic carbocycles. The van der Waals surface area contributed by atoms with Crippen LogP contribution in [-0.4, -0.2) is 19.1 Å². The van der Waals surface area contributed by atoms with Crippen molar-refractivity contribution in [3.63, 3.8) is 0 Å². The molecule has 1 aliphatic rings. The summed E-state index contributed by atoms with van der Waals surface area (Å²) in [5.74, 6) is 1.27. The van der Waals surface area contributed by atoms with Gasteiger partial charge in [-0.3, -0.25) is 4.79 Å². The number of benzene rings is 1. The number of ether oxygens (including phenoxy) is 1. The highest BCUT2D eigenvalue weighted by Crippen LogP contribution is 2.32. The van der Waals surface area contributed by atoms with Crippen molar-refractivity contribution in [1.29, 1.82) is 0 Å². The topological polar surface area (TPSA) is 51.5 Å². The molecule has 2 heterocycles. The second-order valence-electron chi connectivity index (χ2n) is 4.23. The van der Waals surface area contributed by atoms with E-state index in [9.17, 15) is 4.79 Å². The molecule has 0 saturated carbocycles. The highest BCUT2D eigenvalue weighted by Gasteiger charge is 2.24. The molecule has 4 nitrogen and oxygen atoms in total. The van der Waals surface area contributed by atoms with Gasteiger partial charge >= 0.3 is 0 Å². The Morgan fingerprint density at radius 3 is 3.00 bits per heavy atom. The number of fused-ring (bicyclic) bond motifs is 1. The zero-order valence-electron chi connectivity index (χ0n) is 9.76. The molecule has 0 fully saturated rings. The zero-order valence-corrected chi connectivity index (χ0v) is 9.76. The predicted octanol–water partition coefficient (Wildman–Crippen LogP) is 2.19. The average Bonchev–Trinajstić information content (AvgIpc) is 3.06. The normalized spacial score (nSPS) is 17.0. The fourth-order valence-corrected chi connectivity index (χ4v) is 2.11. The largest absolute Gasteiger partial charge is 0.493 e. The van der Waals surface area contributed by atoms with Gasteiger partial charge in [0.05, 0.1) is 12.9 Å². The first-order valence-electron chi connectivity index (χ1n) is 5.88. The molecule has 0 spiro atoms. The molecule has 1 amide bonds. The van der Waals surface area contributed by atoms with Crippen LogP contribution in [-0.2, 0) is 0 Å². The molecular weight excluding hydrogens is 230 g/mol. The van der Waals surface area contributed by atoms with Gasteiger partial charge in [0.25, 0.3) is 5.91 Å². The van der Waals surface area contributed by atoms with Crippen molar-refractivity contribution in [2.45, 2.75) is 5.92 Å². The van der Waals surface area contributed by atoms with E-state index in [1.54, 1.807) is 12.1 Å². The molecule has 0 radical (unpaired) electrons. The number of carbonyl (C=O) groups excluding carboxylic acids is 1. The second-order valence-corrected chi connectivity index (χ2v) is 4.23. The minimum Gasteiger partial charge on any atom is -0.493 e. The van der Waals surface area contributed by atoms with Crippen LogP contribution in [0.25, 0.3) is 0 Å². The van der Waals surface area contributed by atoms with E-state index >= 15 is 0 Å². The van der Waals surface area contributed by atoms with Crippen molar-refractivity contribution in [3.8, 4) is 5.75 Å². The van der Waals surface area contributed by atoms with Gasteiger partial charge in [0.15, 0.2) is 5.76 Å². The van der Waals surface area contributed by atoms with Crippen molar-refractivity contribution >= 4 is 5.91 Å². The van der Waals surface area contributed by atoms with Crippen LogP contribution in [0, 0.1) is 0 Å². The van der Waals surface area contributed by atoms with Crippen LogP contribution in [0.3, 0.4) is 0 Å². The van der Waals surface area contributed by atoms with Gasteiger partial charge in [0, 0.05) is 18.0 Å². The summed E-state index contributed by atoms with van der Waals surface area (Å²) < 4.78 is 10.6. The molecule has 18 heavy (non-hydrogen) atoms. The van der Waals surface area contributed by atoms with E-state index in [1.165, 1.54) is 6.26 Å². The van der Waals surface area contributed by atoms with Gasteiger partial charge in [0.2, 0.25) is 0 Å². The Kier molecular flexibility index (Phi) is 2.76. The van der Waals surface area contributed by atoms with Crippen molar-refractivity contribution in [3.05, 3.63) is 54.0 Å². The molecule has 92 valence electrons. The molecule has 1 aromatic carbocycles. The molecule has 0 saturated heterocycles. The van der Waals surface area contributed by atoms with Crippen molar-refractivity contribution < 1.29 is 13.9 Å². The fraction of sp³-hybridized carbons (Fsp3) is 0.214. The molecule has 2 aromatic rings. The van der Waals surface area contributed by atoms with Gasteiger partial charge in [-0.05, 0) is 18.2 Å². The molecule has 1 N–H and O–H groups in total. The number of carbonyl (C=O) groups is 1. The molecule has 1 aromatic heterocycles. The summed E-state index contributed by atoms with van der Waals surface area (Å²) in [4.78, 5) is 11.7. The maximum Gasteiger partial charge on any atom is 0.286 e. The molecule has 1 atom stereocenters. The summed E-state index contributed by atoms with van der Waals surface area (Å²) in [5, 5.41) is 2.86. The Morgan fingerprint density at radius 1 is 1.28 bits per heavy atom.